The Kier molecular flexibility index (Phi) is 11.0. The van der Waals surface area contributed by atoms with Crippen LogP contribution in [-0.4, -0.2) is 12.3 Å². The van der Waals surface area contributed by atoms with E-state index in [0.717, 1.165) is 0 Å². The summed E-state index contributed by atoms with van der Waals surface area (Å²) < 4.78 is 0. The summed E-state index contributed by atoms with van der Waals surface area (Å²) >= 11 is 0. The van der Waals surface area contributed by atoms with Crippen molar-refractivity contribution in [2.45, 2.75) is 0 Å². The second kappa shape index (κ2) is 13.2. The van der Waals surface area contributed by atoms with Crippen LogP contribution in [-0.2, 0) is 20.4 Å². The third-order valence-electron chi connectivity index (χ3n) is 4.82. The van der Waals surface area contributed by atoms with Gasteiger partial charge in [0, 0.05) is 20.4 Å². The monoisotopic (exact) mass is 540 g/mol. The van der Waals surface area contributed by atoms with Crippen molar-refractivity contribution in [2.24, 2.45) is 0 Å². The van der Waals surface area contributed by atoms with Gasteiger partial charge in [-0.05, 0) is 49.4 Å². The smallest absolute Gasteiger partial charge is 0 e. The number of rotatable bonds is 7. The second-order valence-electron chi connectivity index (χ2n) is 6.65. The third-order valence-corrected chi connectivity index (χ3v) is 10.2. The number of hydrogen-bond acceptors (Lipinski definition) is 0. The number of hydrogen-bond donors (Lipinski definition) is 0. The maximum atomic E-state index is 2.30. The fourth-order valence-corrected chi connectivity index (χ4v) is 8.80. The van der Waals surface area contributed by atoms with Gasteiger partial charge in [-0.1, -0.05) is 121 Å². The summed E-state index contributed by atoms with van der Waals surface area (Å²) in [5.41, 5.74) is 0. The Morgan fingerprint density at radius 3 is 0.767 bits per heavy atom. The predicted molar refractivity (Wildman–Crippen MR) is 135 cm³/mol. The fraction of sp³-hybridized carbons (Fsp3) is 0.0769. The molecule has 0 heterocycles. The summed E-state index contributed by atoms with van der Waals surface area (Å²) in [6, 6.07) is 44.2. The van der Waals surface area contributed by atoms with Gasteiger partial charge in [0.15, 0.2) is 0 Å². The molecular weight excluding hydrogens is 516 g/mol. The van der Waals surface area contributed by atoms with Gasteiger partial charge < -0.3 is 0 Å². The maximum Gasteiger partial charge on any atom is 0 e. The van der Waals surface area contributed by atoms with Crippen molar-refractivity contribution in [2.75, 3.05) is 12.3 Å². The molecule has 0 fully saturated rings. The Morgan fingerprint density at radius 1 is 0.367 bits per heavy atom. The Balaban J connectivity index is 0.00000160. The maximum absolute atomic E-state index is 2.30. The van der Waals surface area contributed by atoms with Crippen LogP contribution in [0.3, 0.4) is 0 Å². The molecule has 0 aliphatic rings. The van der Waals surface area contributed by atoms with Crippen LogP contribution in [0.1, 0.15) is 0 Å². The molecule has 0 nitrogen and oxygen atoms in total. The van der Waals surface area contributed by atoms with Gasteiger partial charge in [0.2, 0.25) is 0 Å². The molecule has 4 aromatic rings. The molecule has 4 aromatic carbocycles. The Bertz CT molecular complexity index is 805. The average molecular weight is 541 g/mol. The second-order valence-corrected chi connectivity index (χ2v) is 11.3. The summed E-state index contributed by atoms with van der Waals surface area (Å²) in [6.45, 7) is 0. The Hall–Kier alpha value is -1.31. The largest absolute Gasteiger partial charge is 0.147 e. The zero-order valence-electron chi connectivity index (χ0n) is 16.6. The van der Waals surface area contributed by atoms with E-state index < -0.39 is 0 Å². The van der Waals surface area contributed by atoms with Gasteiger partial charge in [0.25, 0.3) is 0 Å². The van der Waals surface area contributed by atoms with Crippen molar-refractivity contribution in [1.82, 2.24) is 0 Å². The van der Waals surface area contributed by atoms with Crippen molar-refractivity contribution in [1.29, 1.82) is 0 Å². The van der Waals surface area contributed by atoms with Crippen LogP contribution in [0, 0.1) is 0 Å². The molecule has 4 rings (SSSR count). The molecule has 0 saturated heterocycles. The van der Waals surface area contributed by atoms with E-state index in [1.807, 2.05) is 0 Å². The van der Waals surface area contributed by atoms with Crippen LogP contribution < -0.4 is 21.2 Å². The molecule has 30 heavy (non-hydrogen) atoms. The molecule has 0 aliphatic carbocycles. The molecule has 0 aliphatic heterocycles. The SMILES string of the molecule is Cl.[Pd].c1ccc(P(CCP(c2ccccc2)c2ccccc2)c2ccccc2)cc1. The third kappa shape index (κ3) is 6.59. The van der Waals surface area contributed by atoms with Crippen LogP contribution in [0.25, 0.3) is 0 Å². The molecule has 0 spiro atoms. The van der Waals surface area contributed by atoms with E-state index in [-0.39, 0.29) is 48.7 Å². The standard InChI is InChI=1S/C26H24P2.ClH.Pd/c1-5-13-23(14-6-1)27(24-15-7-2-8-16-24)21-22-28(25-17-9-3-10-18-25)26-19-11-4-12-20-26;;/h1-20H,21-22H2;1H;. The summed E-state index contributed by atoms with van der Waals surface area (Å²) in [7, 11) is -0.696. The molecule has 0 N–H and O–H groups in total. The van der Waals surface area contributed by atoms with Crippen molar-refractivity contribution >= 4 is 49.5 Å². The zero-order chi connectivity index (χ0) is 19.0. The van der Waals surface area contributed by atoms with Gasteiger partial charge >= 0.3 is 0 Å². The predicted octanol–water partition coefficient (Wildman–Crippen LogP) is 5.67. The normalized spacial score (nSPS) is 10.3. The van der Waals surface area contributed by atoms with Crippen LogP contribution >= 0.6 is 28.3 Å². The molecule has 0 unspecified atom stereocenters. The quantitative estimate of drug-likeness (QED) is 0.209. The zero-order valence-corrected chi connectivity index (χ0v) is 20.7. The fourth-order valence-electron chi connectivity index (χ4n) is 3.45. The summed E-state index contributed by atoms with van der Waals surface area (Å²) in [4.78, 5) is 0. The first-order chi connectivity index (χ1) is 13.9. The minimum absolute atomic E-state index is 0. The van der Waals surface area contributed by atoms with Gasteiger partial charge in [-0.2, -0.15) is 0 Å². The first-order valence-corrected chi connectivity index (χ1v) is 12.7. The van der Waals surface area contributed by atoms with Crippen LogP contribution in [0.15, 0.2) is 121 Å². The average Bonchev–Trinajstić information content (AvgIpc) is 2.79. The van der Waals surface area contributed by atoms with Crippen molar-refractivity contribution in [3.63, 3.8) is 0 Å². The molecule has 0 aromatic heterocycles. The Labute approximate surface area is 202 Å². The van der Waals surface area contributed by atoms with E-state index in [4.69, 9.17) is 0 Å². The molecule has 0 saturated carbocycles. The number of benzene rings is 4. The van der Waals surface area contributed by atoms with Gasteiger partial charge in [-0.3, -0.25) is 0 Å². The van der Waals surface area contributed by atoms with Crippen molar-refractivity contribution in [3.8, 4) is 0 Å². The van der Waals surface area contributed by atoms with Crippen LogP contribution in [0.2, 0.25) is 0 Å². The van der Waals surface area contributed by atoms with Gasteiger partial charge in [0.05, 0.1) is 0 Å². The van der Waals surface area contributed by atoms with E-state index in [0.29, 0.717) is 0 Å². The van der Waals surface area contributed by atoms with E-state index in [2.05, 4.69) is 121 Å². The first-order valence-electron chi connectivity index (χ1n) is 9.67. The van der Waals surface area contributed by atoms with Crippen LogP contribution in [0.4, 0.5) is 0 Å². The molecule has 0 atom stereocenters. The van der Waals surface area contributed by atoms with Gasteiger partial charge in [-0.15, -0.1) is 12.4 Å². The summed E-state index contributed by atoms with van der Waals surface area (Å²) in [5, 5.41) is 5.89. The summed E-state index contributed by atoms with van der Waals surface area (Å²) in [5.74, 6) is 0. The minimum atomic E-state index is -0.348. The molecular formula is C26H25ClP2Pd. The molecule has 156 valence electrons. The minimum Gasteiger partial charge on any atom is -0.147 e. The molecule has 0 amide bonds. The molecule has 0 radical (unpaired) electrons. The van der Waals surface area contributed by atoms with E-state index in [9.17, 15) is 0 Å². The molecule has 0 bridgehead atoms. The van der Waals surface area contributed by atoms with E-state index in [1.165, 1.54) is 33.5 Å². The molecule has 4 heteroatoms. The van der Waals surface area contributed by atoms with Crippen LogP contribution in [0.5, 0.6) is 0 Å². The Morgan fingerprint density at radius 2 is 0.567 bits per heavy atom. The topological polar surface area (TPSA) is 0 Å². The summed E-state index contributed by atoms with van der Waals surface area (Å²) in [6.07, 6.45) is 2.41. The number of halogens is 1. The van der Waals surface area contributed by atoms with E-state index >= 15 is 0 Å². The van der Waals surface area contributed by atoms with Crippen molar-refractivity contribution in [3.05, 3.63) is 121 Å². The van der Waals surface area contributed by atoms with Crippen molar-refractivity contribution < 1.29 is 20.4 Å². The van der Waals surface area contributed by atoms with Gasteiger partial charge in [0.1, 0.15) is 0 Å². The first kappa shape index (κ1) is 25.0. The van der Waals surface area contributed by atoms with Gasteiger partial charge in [-0.25, -0.2) is 0 Å². The van der Waals surface area contributed by atoms with E-state index in [1.54, 1.807) is 0 Å².